The lowest BCUT2D eigenvalue weighted by atomic mass is 10.0. The zero-order valence-electron chi connectivity index (χ0n) is 20.3. The van der Waals surface area contributed by atoms with Crippen LogP contribution in [0.25, 0.3) is 0 Å². The fourth-order valence-electron chi connectivity index (χ4n) is 3.39. The molecular formula is C27H36O7. The van der Waals surface area contributed by atoms with E-state index in [9.17, 15) is 30.0 Å². The first-order chi connectivity index (χ1) is 15.9. The van der Waals surface area contributed by atoms with E-state index in [2.05, 4.69) is 6.08 Å². The van der Waals surface area contributed by atoms with E-state index in [1.54, 1.807) is 12.2 Å². The molecule has 1 rings (SSSR count). The number of carboxylic acid groups (broad SMARTS) is 2. The quantitative estimate of drug-likeness (QED) is 0.145. The first-order valence-corrected chi connectivity index (χ1v) is 11.3. The SMILES string of the molecule is CC(C)=CC(O)C/C(=C\CC/C(C)=C/CC/C(C)=C/Cc1cc(C(=O)O)cc(O)c1O)C(=O)O. The average molecular weight is 473 g/mol. The summed E-state index contributed by atoms with van der Waals surface area (Å²) in [5, 5.41) is 48.1. The number of aromatic hydroxyl groups is 2. The van der Waals surface area contributed by atoms with Gasteiger partial charge in [-0.25, -0.2) is 9.59 Å². The van der Waals surface area contributed by atoms with Gasteiger partial charge in [0.25, 0.3) is 0 Å². The predicted octanol–water partition coefficient (Wildman–Crippen LogP) is 5.52. The van der Waals surface area contributed by atoms with Gasteiger partial charge in [-0.3, -0.25) is 0 Å². The van der Waals surface area contributed by atoms with Crippen LogP contribution < -0.4 is 0 Å². The topological polar surface area (TPSA) is 135 Å². The minimum atomic E-state index is -1.17. The number of aliphatic carboxylic acids is 1. The molecule has 0 aliphatic rings. The normalized spacial score (nSPS) is 13.5. The van der Waals surface area contributed by atoms with Crippen molar-refractivity contribution in [2.75, 3.05) is 0 Å². The van der Waals surface area contributed by atoms with Gasteiger partial charge in [-0.1, -0.05) is 41.0 Å². The maximum absolute atomic E-state index is 11.4. The molecule has 0 spiro atoms. The Hall–Kier alpha value is -3.32. The van der Waals surface area contributed by atoms with E-state index in [1.165, 1.54) is 6.07 Å². The maximum Gasteiger partial charge on any atom is 0.335 e. The van der Waals surface area contributed by atoms with Gasteiger partial charge in [0, 0.05) is 17.6 Å². The Morgan fingerprint density at radius 1 is 0.912 bits per heavy atom. The molecule has 1 aromatic carbocycles. The Morgan fingerprint density at radius 3 is 2.06 bits per heavy atom. The third-order valence-electron chi connectivity index (χ3n) is 5.28. The number of aliphatic hydroxyl groups is 1. The van der Waals surface area contributed by atoms with Crippen molar-refractivity contribution in [3.63, 3.8) is 0 Å². The third kappa shape index (κ3) is 10.5. The standard InChI is InChI=1S/C27H36O7/c1-17(2)13-23(28)15-21(26(31)32)10-6-9-18(3)7-5-8-19(4)11-12-20-14-22(27(33)34)16-24(29)25(20)30/h7,10-11,13-14,16,23,28-30H,5-6,8-9,12,15H2,1-4H3,(H,31,32)(H,33,34)/b18-7+,19-11+,21-10+. The number of carbonyl (C=O) groups is 2. The molecule has 0 amide bonds. The van der Waals surface area contributed by atoms with Gasteiger partial charge in [0.15, 0.2) is 11.5 Å². The summed E-state index contributed by atoms with van der Waals surface area (Å²) < 4.78 is 0. The molecule has 1 unspecified atom stereocenters. The molecule has 7 nitrogen and oxygen atoms in total. The van der Waals surface area contributed by atoms with Crippen LogP contribution in [0.1, 0.15) is 75.7 Å². The molecule has 5 N–H and O–H groups in total. The van der Waals surface area contributed by atoms with Crippen LogP contribution in [0.2, 0.25) is 0 Å². The number of carboxylic acids is 2. The fourth-order valence-corrected chi connectivity index (χ4v) is 3.39. The molecule has 0 saturated heterocycles. The lowest BCUT2D eigenvalue weighted by Gasteiger charge is -2.08. The summed E-state index contributed by atoms with van der Waals surface area (Å²) in [5.74, 6) is -2.96. The van der Waals surface area contributed by atoms with Gasteiger partial charge >= 0.3 is 11.9 Å². The molecule has 0 aliphatic heterocycles. The van der Waals surface area contributed by atoms with Crippen molar-refractivity contribution in [3.05, 3.63) is 69.9 Å². The van der Waals surface area contributed by atoms with Crippen LogP contribution in [-0.4, -0.2) is 43.6 Å². The Balaban J connectivity index is 2.61. The smallest absolute Gasteiger partial charge is 0.335 e. The van der Waals surface area contributed by atoms with E-state index < -0.39 is 23.8 Å². The molecule has 34 heavy (non-hydrogen) atoms. The van der Waals surface area contributed by atoms with Gasteiger partial charge in [0.05, 0.1) is 11.7 Å². The van der Waals surface area contributed by atoms with Crippen molar-refractivity contribution in [1.82, 2.24) is 0 Å². The van der Waals surface area contributed by atoms with Crippen LogP contribution in [0.15, 0.2) is 58.7 Å². The summed E-state index contributed by atoms with van der Waals surface area (Å²) in [5.41, 5.74) is 3.60. The number of allylic oxidation sites excluding steroid dienone is 6. The van der Waals surface area contributed by atoms with E-state index in [-0.39, 0.29) is 23.3 Å². The number of benzene rings is 1. The largest absolute Gasteiger partial charge is 0.504 e. The molecular weight excluding hydrogens is 436 g/mol. The Morgan fingerprint density at radius 2 is 1.50 bits per heavy atom. The molecule has 0 saturated carbocycles. The van der Waals surface area contributed by atoms with E-state index >= 15 is 0 Å². The third-order valence-corrected chi connectivity index (χ3v) is 5.28. The number of phenolic OH excluding ortho intramolecular Hbond substituents is 2. The second-order valence-corrected chi connectivity index (χ2v) is 8.74. The van der Waals surface area contributed by atoms with Gasteiger partial charge in [-0.15, -0.1) is 0 Å². The number of phenols is 2. The second-order valence-electron chi connectivity index (χ2n) is 8.74. The molecule has 7 heteroatoms. The van der Waals surface area contributed by atoms with Crippen LogP contribution in [-0.2, 0) is 11.2 Å². The van der Waals surface area contributed by atoms with Crippen molar-refractivity contribution >= 4 is 11.9 Å². The Bertz CT molecular complexity index is 992. The molecule has 0 aromatic heterocycles. The lowest BCUT2D eigenvalue weighted by molar-refractivity contribution is -0.133. The van der Waals surface area contributed by atoms with Gasteiger partial charge in [0.2, 0.25) is 0 Å². The van der Waals surface area contributed by atoms with E-state index in [4.69, 9.17) is 5.11 Å². The van der Waals surface area contributed by atoms with Crippen molar-refractivity contribution in [3.8, 4) is 11.5 Å². The lowest BCUT2D eigenvalue weighted by Crippen LogP contribution is -2.10. The first kappa shape index (κ1) is 28.7. The summed E-state index contributed by atoms with van der Waals surface area (Å²) >= 11 is 0. The molecule has 1 atom stereocenters. The van der Waals surface area contributed by atoms with E-state index in [1.807, 2.05) is 33.8 Å². The summed E-state index contributed by atoms with van der Waals surface area (Å²) in [4.78, 5) is 22.5. The number of aromatic carboxylic acids is 1. The van der Waals surface area contributed by atoms with Crippen molar-refractivity contribution in [2.24, 2.45) is 0 Å². The number of aliphatic hydroxyl groups excluding tert-OH is 1. The van der Waals surface area contributed by atoms with E-state index in [0.717, 1.165) is 35.6 Å². The van der Waals surface area contributed by atoms with Gasteiger partial charge in [-0.2, -0.15) is 0 Å². The summed E-state index contributed by atoms with van der Waals surface area (Å²) in [6.45, 7) is 7.64. The summed E-state index contributed by atoms with van der Waals surface area (Å²) in [7, 11) is 0. The molecule has 0 fully saturated rings. The predicted molar refractivity (Wildman–Crippen MR) is 132 cm³/mol. The summed E-state index contributed by atoms with van der Waals surface area (Å²) in [6, 6.07) is 2.37. The Labute approximate surface area is 201 Å². The minimum Gasteiger partial charge on any atom is -0.504 e. The number of hydrogen-bond acceptors (Lipinski definition) is 5. The molecule has 186 valence electrons. The molecule has 0 bridgehead atoms. The van der Waals surface area contributed by atoms with Crippen LogP contribution >= 0.6 is 0 Å². The first-order valence-electron chi connectivity index (χ1n) is 11.3. The van der Waals surface area contributed by atoms with Crippen LogP contribution in [0.5, 0.6) is 11.5 Å². The van der Waals surface area contributed by atoms with Crippen LogP contribution in [0, 0.1) is 0 Å². The highest BCUT2D eigenvalue weighted by atomic mass is 16.4. The van der Waals surface area contributed by atoms with Crippen LogP contribution in [0.3, 0.4) is 0 Å². The zero-order chi connectivity index (χ0) is 25.8. The number of rotatable bonds is 13. The average Bonchev–Trinajstić information content (AvgIpc) is 2.73. The second kappa shape index (κ2) is 14.1. The Kier molecular flexibility index (Phi) is 11.9. The van der Waals surface area contributed by atoms with E-state index in [0.29, 0.717) is 24.8 Å². The highest BCUT2D eigenvalue weighted by Crippen LogP contribution is 2.31. The number of hydrogen-bond donors (Lipinski definition) is 5. The molecule has 0 aliphatic carbocycles. The van der Waals surface area contributed by atoms with Crippen molar-refractivity contribution in [2.45, 2.75) is 72.3 Å². The molecule has 1 aromatic rings. The molecule has 0 heterocycles. The minimum absolute atomic E-state index is 0.0793. The summed E-state index contributed by atoms with van der Waals surface area (Å²) in [6.07, 6.45) is 9.72. The maximum atomic E-state index is 11.4. The van der Waals surface area contributed by atoms with Crippen molar-refractivity contribution < 1.29 is 35.1 Å². The zero-order valence-corrected chi connectivity index (χ0v) is 20.3. The fraction of sp³-hybridized carbons (Fsp3) is 0.407. The highest BCUT2D eigenvalue weighted by Gasteiger charge is 2.13. The van der Waals surface area contributed by atoms with Crippen LogP contribution in [0.4, 0.5) is 0 Å². The highest BCUT2D eigenvalue weighted by molar-refractivity contribution is 5.89. The molecule has 0 radical (unpaired) electrons. The van der Waals surface area contributed by atoms with Crippen molar-refractivity contribution in [1.29, 1.82) is 0 Å². The monoisotopic (exact) mass is 472 g/mol. The van der Waals surface area contributed by atoms with Gasteiger partial charge < -0.3 is 25.5 Å². The van der Waals surface area contributed by atoms with Gasteiger partial charge in [0.1, 0.15) is 0 Å². The van der Waals surface area contributed by atoms with Gasteiger partial charge in [-0.05, 0) is 71.9 Å².